The Morgan fingerprint density at radius 1 is 1.56 bits per heavy atom. The fraction of sp³-hybridized carbons (Fsp3) is 0.909. The molecule has 2 unspecified atom stereocenters. The zero-order valence-corrected chi connectivity index (χ0v) is 10.3. The highest BCUT2D eigenvalue weighted by atomic mass is 16.5. The second-order valence-electron chi connectivity index (χ2n) is 5.07. The summed E-state index contributed by atoms with van der Waals surface area (Å²) in [7, 11) is 1.68. The first-order valence-corrected chi connectivity index (χ1v) is 5.66. The minimum Gasteiger partial charge on any atom is -0.389 e. The van der Waals surface area contributed by atoms with E-state index < -0.39 is 5.60 Å². The maximum Gasteiger partial charge on any atom is 0.251 e. The van der Waals surface area contributed by atoms with Crippen molar-refractivity contribution >= 4 is 5.91 Å². The summed E-state index contributed by atoms with van der Waals surface area (Å²) in [6.45, 7) is 4.11. The van der Waals surface area contributed by atoms with Gasteiger partial charge in [0, 0.05) is 20.1 Å². The number of amides is 1. The van der Waals surface area contributed by atoms with Crippen LogP contribution >= 0.6 is 0 Å². The number of nitrogens with zero attached hydrogens (tertiary/aromatic N) is 1. The van der Waals surface area contributed by atoms with Crippen LogP contribution in [0.15, 0.2) is 0 Å². The van der Waals surface area contributed by atoms with E-state index in [0.717, 1.165) is 12.8 Å². The molecule has 0 radical (unpaired) electrons. The second kappa shape index (κ2) is 5.12. The number of ether oxygens (including phenoxy) is 1. The second-order valence-corrected chi connectivity index (χ2v) is 5.07. The first-order chi connectivity index (χ1) is 7.33. The number of nitrogens with two attached hydrogens (primary N) is 1. The van der Waals surface area contributed by atoms with Gasteiger partial charge in [-0.15, -0.1) is 0 Å². The Hall–Kier alpha value is -0.650. The van der Waals surface area contributed by atoms with E-state index >= 15 is 0 Å². The summed E-state index contributed by atoms with van der Waals surface area (Å²) in [6.07, 6.45) is 1.17. The van der Waals surface area contributed by atoms with Crippen LogP contribution in [0.2, 0.25) is 0 Å². The van der Waals surface area contributed by atoms with Gasteiger partial charge >= 0.3 is 0 Å². The van der Waals surface area contributed by atoms with E-state index in [9.17, 15) is 9.90 Å². The maximum absolute atomic E-state index is 11.9. The van der Waals surface area contributed by atoms with Gasteiger partial charge in [-0.25, -0.2) is 0 Å². The molecule has 1 rings (SSSR count). The van der Waals surface area contributed by atoms with Gasteiger partial charge in [0.2, 0.25) is 0 Å². The molecule has 0 aromatic rings. The van der Waals surface area contributed by atoms with Gasteiger partial charge in [0.15, 0.2) is 0 Å². The number of likely N-dealkylation sites (N-methyl/N-ethyl adjacent to an activating group) is 1. The molecular formula is C11H22N2O3. The van der Waals surface area contributed by atoms with Crippen molar-refractivity contribution in [2.45, 2.75) is 44.5 Å². The van der Waals surface area contributed by atoms with E-state index in [4.69, 9.17) is 10.5 Å². The number of rotatable bonds is 4. The Balaban J connectivity index is 2.46. The third-order valence-corrected chi connectivity index (χ3v) is 2.65. The molecule has 16 heavy (non-hydrogen) atoms. The average Bonchev–Trinajstić information content (AvgIpc) is 2.61. The molecule has 94 valence electrons. The van der Waals surface area contributed by atoms with E-state index in [1.165, 1.54) is 4.90 Å². The summed E-state index contributed by atoms with van der Waals surface area (Å²) in [6, 6.07) is 0. The minimum atomic E-state index is -0.879. The first-order valence-electron chi connectivity index (χ1n) is 5.66. The fourth-order valence-electron chi connectivity index (χ4n) is 1.96. The van der Waals surface area contributed by atoms with E-state index in [2.05, 4.69) is 0 Å². The third kappa shape index (κ3) is 3.73. The zero-order valence-electron chi connectivity index (χ0n) is 10.3. The molecule has 1 aliphatic heterocycles. The van der Waals surface area contributed by atoms with Crippen LogP contribution in [0.5, 0.6) is 0 Å². The lowest BCUT2D eigenvalue weighted by atomic mass is 10.1. The normalized spacial score (nSPS) is 25.8. The lowest BCUT2D eigenvalue weighted by molar-refractivity contribution is -0.144. The highest BCUT2D eigenvalue weighted by Gasteiger charge is 2.32. The van der Waals surface area contributed by atoms with Crippen molar-refractivity contribution in [1.29, 1.82) is 0 Å². The highest BCUT2D eigenvalue weighted by Crippen LogP contribution is 2.20. The summed E-state index contributed by atoms with van der Waals surface area (Å²) >= 11 is 0. The lowest BCUT2D eigenvalue weighted by Gasteiger charge is -2.27. The number of carbonyl (C=O) groups is 1. The average molecular weight is 230 g/mol. The van der Waals surface area contributed by atoms with E-state index in [-0.39, 0.29) is 18.1 Å². The predicted molar refractivity (Wildman–Crippen MR) is 60.9 cm³/mol. The van der Waals surface area contributed by atoms with Crippen molar-refractivity contribution in [2.75, 3.05) is 20.1 Å². The van der Waals surface area contributed by atoms with Gasteiger partial charge in [0.05, 0.1) is 11.7 Å². The summed E-state index contributed by atoms with van der Waals surface area (Å²) in [4.78, 5) is 13.5. The van der Waals surface area contributed by atoms with E-state index in [0.29, 0.717) is 13.1 Å². The molecule has 1 saturated heterocycles. The van der Waals surface area contributed by atoms with Crippen LogP contribution < -0.4 is 5.73 Å². The van der Waals surface area contributed by atoms with Crippen molar-refractivity contribution in [3.8, 4) is 0 Å². The molecule has 2 atom stereocenters. The van der Waals surface area contributed by atoms with Crippen LogP contribution in [-0.4, -0.2) is 53.9 Å². The largest absolute Gasteiger partial charge is 0.389 e. The maximum atomic E-state index is 11.9. The Bertz CT molecular complexity index is 250. The quantitative estimate of drug-likeness (QED) is 0.696. The smallest absolute Gasteiger partial charge is 0.251 e. The molecule has 0 aromatic carbocycles. The third-order valence-electron chi connectivity index (χ3n) is 2.65. The van der Waals surface area contributed by atoms with Crippen molar-refractivity contribution < 1.29 is 14.6 Å². The molecule has 0 aliphatic carbocycles. The molecule has 5 heteroatoms. The predicted octanol–water partition coefficient (Wildman–Crippen LogP) is -0.278. The van der Waals surface area contributed by atoms with E-state index in [1.54, 1.807) is 20.9 Å². The van der Waals surface area contributed by atoms with Crippen LogP contribution in [0.25, 0.3) is 0 Å². The molecule has 5 nitrogen and oxygen atoms in total. The number of hydrogen-bond donors (Lipinski definition) is 2. The molecule has 1 aliphatic rings. The van der Waals surface area contributed by atoms with Crippen molar-refractivity contribution in [2.24, 2.45) is 5.73 Å². The first kappa shape index (κ1) is 13.4. The van der Waals surface area contributed by atoms with Crippen molar-refractivity contribution in [1.82, 2.24) is 4.90 Å². The van der Waals surface area contributed by atoms with Crippen LogP contribution in [0, 0.1) is 0 Å². The Kier molecular flexibility index (Phi) is 4.29. The summed E-state index contributed by atoms with van der Waals surface area (Å²) in [5.74, 6) is -0.0712. The highest BCUT2D eigenvalue weighted by molar-refractivity contribution is 5.81. The molecule has 0 spiro atoms. The SMILES string of the molecule is CN(CC(C)(C)O)C(=O)C1CCC(CN)O1. The Morgan fingerprint density at radius 2 is 2.19 bits per heavy atom. The molecule has 0 bridgehead atoms. The molecular weight excluding hydrogens is 208 g/mol. The van der Waals surface area contributed by atoms with Crippen LogP contribution in [0.3, 0.4) is 0 Å². The number of hydrogen-bond acceptors (Lipinski definition) is 4. The standard InChI is InChI=1S/C11H22N2O3/c1-11(2,15)7-13(3)10(14)9-5-4-8(6-12)16-9/h8-9,15H,4-7,12H2,1-3H3. The van der Waals surface area contributed by atoms with Crippen LogP contribution in [0.1, 0.15) is 26.7 Å². The van der Waals surface area contributed by atoms with Gasteiger partial charge in [-0.3, -0.25) is 4.79 Å². The molecule has 0 saturated carbocycles. The van der Waals surface area contributed by atoms with Gasteiger partial charge in [-0.1, -0.05) is 0 Å². The summed E-state index contributed by atoms with van der Waals surface area (Å²) < 4.78 is 5.51. The van der Waals surface area contributed by atoms with Gasteiger partial charge in [-0.2, -0.15) is 0 Å². The van der Waals surface area contributed by atoms with Gasteiger partial charge in [0.25, 0.3) is 5.91 Å². The fourth-order valence-corrected chi connectivity index (χ4v) is 1.96. The minimum absolute atomic E-state index is 0.00415. The van der Waals surface area contributed by atoms with Crippen molar-refractivity contribution in [3.63, 3.8) is 0 Å². The number of carbonyl (C=O) groups excluding carboxylic acids is 1. The zero-order chi connectivity index (χ0) is 12.3. The molecule has 1 heterocycles. The summed E-state index contributed by atoms with van der Waals surface area (Å²) in [5.41, 5.74) is 4.61. The topological polar surface area (TPSA) is 75.8 Å². The van der Waals surface area contributed by atoms with Crippen LogP contribution in [0.4, 0.5) is 0 Å². The summed E-state index contributed by atoms with van der Waals surface area (Å²) in [5, 5.41) is 9.62. The van der Waals surface area contributed by atoms with Gasteiger partial charge < -0.3 is 20.5 Å². The van der Waals surface area contributed by atoms with E-state index in [1.807, 2.05) is 0 Å². The van der Waals surface area contributed by atoms with Gasteiger partial charge in [0.1, 0.15) is 6.10 Å². The molecule has 0 aromatic heterocycles. The molecule has 1 fully saturated rings. The lowest BCUT2D eigenvalue weighted by Crippen LogP contribution is -2.44. The Labute approximate surface area is 96.6 Å². The Morgan fingerprint density at radius 3 is 2.62 bits per heavy atom. The molecule has 3 N–H and O–H groups in total. The monoisotopic (exact) mass is 230 g/mol. The van der Waals surface area contributed by atoms with Crippen molar-refractivity contribution in [3.05, 3.63) is 0 Å². The van der Waals surface area contributed by atoms with Crippen LogP contribution in [-0.2, 0) is 9.53 Å². The van der Waals surface area contributed by atoms with Gasteiger partial charge in [-0.05, 0) is 26.7 Å². The molecule has 1 amide bonds. The number of aliphatic hydroxyl groups is 1.